The molecule has 3 atom stereocenters. The van der Waals surface area contributed by atoms with E-state index in [1.54, 1.807) is 18.2 Å². The summed E-state index contributed by atoms with van der Waals surface area (Å²) in [5, 5.41) is 3.75. The topological polar surface area (TPSA) is 46.2 Å². The molecule has 2 saturated carbocycles. The Hall–Kier alpha value is -0.580. The molecule has 2 aliphatic rings. The smallest absolute Gasteiger partial charge is 0.232 e. The molecule has 0 aliphatic heterocycles. The van der Waals surface area contributed by atoms with Crippen LogP contribution < -0.4 is 5.32 Å². The molecule has 2 fully saturated rings. The summed E-state index contributed by atoms with van der Waals surface area (Å²) in [6, 6.07) is 4.98. The zero-order chi connectivity index (χ0) is 17.2. The number of alkyl halides is 1. The molecular formula is C17H18BrCl2NO2. The Balaban J connectivity index is 1.98. The molecule has 1 aromatic rings. The van der Waals surface area contributed by atoms with Crippen molar-refractivity contribution in [2.75, 3.05) is 5.32 Å². The molecule has 2 bridgehead atoms. The van der Waals surface area contributed by atoms with Crippen molar-refractivity contribution in [2.45, 2.75) is 38.4 Å². The van der Waals surface area contributed by atoms with Gasteiger partial charge in [-0.2, -0.15) is 0 Å². The van der Waals surface area contributed by atoms with E-state index in [-0.39, 0.29) is 11.7 Å². The number of carbonyl (C=O) groups excluding carboxylic acids is 2. The van der Waals surface area contributed by atoms with Gasteiger partial charge in [0.25, 0.3) is 0 Å². The molecule has 3 rings (SSSR count). The number of amides is 1. The second-order valence-corrected chi connectivity index (χ2v) is 8.97. The summed E-state index contributed by atoms with van der Waals surface area (Å²) in [7, 11) is 0. The number of anilines is 1. The minimum absolute atomic E-state index is 0.123. The van der Waals surface area contributed by atoms with Crippen LogP contribution in [-0.2, 0) is 9.59 Å². The molecule has 0 radical (unpaired) electrons. The average molecular weight is 419 g/mol. The lowest BCUT2D eigenvalue weighted by Crippen LogP contribution is -2.47. The standard InChI is InChI=1S/C17H18BrCl2NO2/c1-15(2)16(3)6-7-17(15,12(18)13(16)22)14(23)21-9-4-5-10(19)11(20)8-9/h4-5,8,12H,6-7H2,1-3H3,(H,21,23)/t12-,16+,17-/m0/s1. The minimum Gasteiger partial charge on any atom is -0.325 e. The highest BCUT2D eigenvalue weighted by molar-refractivity contribution is 9.10. The van der Waals surface area contributed by atoms with E-state index in [0.717, 1.165) is 6.42 Å². The molecule has 6 heteroatoms. The third-order valence-electron chi connectivity index (χ3n) is 6.30. The van der Waals surface area contributed by atoms with Crippen molar-refractivity contribution in [3.05, 3.63) is 28.2 Å². The highest BCUT2D eigenvalue weighted by Crippen LogP contribution is 2.72. The van der Waals surface area contributed by atoms with Crippen molar-refractivity contribution in [1.82, 2.24) is 0 Å². The minimum atomic E-state index is -0.759. The van der Waals surface area contributed by atoms with E-state index in [2.05, 4.69) is 21.2 Å². The molecular weight excluding hydrogens is 401 g/mol. The van der Waals surface area contributed by atoms with Crippen molar-refractivity contribution < 1.29 is 9.59 Å². The molecule has 124 valence electrons. The van der Waals surface area contributed by atoms with Crippen LogP contribution in [0.4, 0.5) is 5.69 Å². The van der Waals surface area contributed by atoms with Crippen LogP contribution in [0.2, 0.25) is 10.0 Å². The molecule has 0 spiro atoms. The largest absolute Gasteiger partial charge is 0.325 e. The summed E-state index contributed by atoms with van der Waals surface area (Å²) in [5.41, 5.74) is -1.07. The lowest BCUT2D eigenvalue weighted by molar-refractivity contribution is -0.130. The summed E-state index contributed by atoms with van der Waals surface area (Å²) in [6.07, 6.45) is 1.42. The Bertz CT molecular complexity index is 721. The van der Waals surface area contributed by atoms with Crippen LogP contribution in [0.25, 0.3) is 0 Å². The predicted molar refractivity (Wildman–Crippen MR) is 96.4 cm³/mol. The molecule has 0 unspecified atom stereocenters. The summed E-state index contributed by atoms with van der Waals surface area (Å²) in [4.78, 5) is 25.4. The molecule has 0 saturated heterocycles. The predicted octanol–water partition coefficient (Wildman–Crippen LogP) is 5.09. The van der Waals surface area contributed by atoms with E-state index in [1.807, 2.05) is 20.8 Å². The van der Waals surface area contributed by atoms with E-state index in [0.29, 0.717) is 22.2 Å². The molecule has 1 aromatic carbocycles. The van der Waals surface area contributed by atoms with Crippen LogP contribution in [0.5, 0.6) is 0 Å². The Kier molecular flexibility index (Phi) is 3.90. The SMILES string of the molecule is CC1(C)[C@]2(C)CC[C@@]1(C(=O)Nc1ccc(Cl)c(Cl)c1)[C@@H](Br)C2=O. The number of rotatable bonds is 2. The number of nitrogens with one attached hydrogen (secondary N) is 1. The second kappa shape index (κ2) is 5.21. The van der Waals surface area contributed by atoms with Gasteiger partial charge in [-0.05, 0) is 36.5 Å². The van der Waals surface area contributed by atoms with Crippen molar-refractivity contribution in [3.8, 4) is 0 Å². The first-order valence-corrected chi connectivity index (χ1v) is 9.20. The number of hydrogen-bond acceptors (Lipinski definition) is 2. The fraction of sp³-hybridized carbons (Fsp3) is 0.529. The molecule has 1 N–H and O–H groups in total. The normalized spacial score (nSPS) is 34.7. The number of halogens is 3. The molecule has 0 heterocycles. The van der Waals surface area contributed by atoms with Gasteiger partial charge in [-0.25, -0.2) is 0 Å². The molecule has 0 aromatic heterocycles. The molecule has 23 heavy (non-hydrogen) atoms. The number of hydrogen-bond donors (Lipinski definition) is 1. The first kappa shape index (κ1) is 17.2. The average Bonchev–Trinajstić information content (AvgIpc) is 2.75. The fourth-order valence-corrected chi connectivity index (χ4v) is 6.08. The first-order valence-electron chi connectivity index (χ1n) is 7.53. The highest BCUT2D eigenvalue weighted by atomic mass is 79.9. The van der Waals surface area contributed by atoms with Gasteiger partial charge < -0.3 is 5.32 Å². The van der Waals surface area contributed by atoms with E-state index in [4.69, 9.17) is 23.2 Å². The molecule has 2 aliphatic carbocycles. The van der Waals surface area contributed by atoms with Crippen molar-refractivity contribution in [2.24, 2.45) is 16.2 Å². The van der Waals surface area contributed by atoms with Crippen molar-refractivity contribution >= 4 is 56.5 Å². The van der Waals surface area contributed by atoms with Gasteiger partial charge in [-0.3, -0.25) is 9.59 Å². The number of Topliss-reactive ketones (excluding diaryl/α,β-unsaturated/α-hetero) is 1. The zero-order valence-electron chi connectivity index (χ0n) is 13.2. The zero-order valence-corrected chi connectivity index (χ0v) is 16.3. The summed E-state index contributed by atoms with van der Waals surface area (Å²) < 4.78 is 0. The van der Waals surface area contributed by atoms with Gasteiger partial charge in [0.2, 0.25) is 5.91 Å². The highest BCUT2D eigenvalue weighted by Gasteiger charge is 2.76. The van der Waals surface area contributed by atoms with Gasteiger partial charge in [0.05, 0.1) is 20.3 Å². The third kappa shape index (κ3) is 2.01. The van der Waals surface area contributed by atoms with Gasteiger partial charge in [0.15, 0.2) is 5.78 Å². The maximum atomic E-state index is 13.1. The lowest BCUT2D eigenvalue weighted by Gasteiger charge is -2.39. The maximum Gasteiger partial charge on any atom is 0.232 e. The van der Waals surface area contributed by atoms with Gasteiger partial charge in [-0.15, -0.1) is 0 Å². The van der Waals surface area contributed by atoms with Gasteiger partial charge in [0, 0.05) is 11.1 Å². The van der Waals surface area contributed by atoms with Crippen LogP contribution in [0.1, 0.15) is 33.6 Å². The summed E-state index contributed by atoms with van der Waals surface area (Å²) in [5.74, 6) is -0.0182. The number of ketones is 1. The Labute approximate surface area is 154 Å². The van der Waals surface area contributed by atoms with Gasteiger partial charge in [-0.1, -0.05) is 59.9 Å². The van der Waals surface area contributed by atoms with E-state index in [9.17, 15) is 9.59 Å². The third-order valence-corrected chi connectivity index (χ3v) is 8.24. The molecule has 1 amide bonds. The second-order valence-electron chi connectivity index (χ2n) is 7.24. The first-order chi connectivity index (χ1) is 10.6. The number of fused-ring (bicyclic) bond motifs is 2. The summed E-state index contributed by atoms with van der Waals surface area (Å²) in [6.45, 7) is 6.02. The van der Waals surface area contributed by atoms with E-state index >= 15 is 0 Å². The fourth-order valence-electron chi connectivity index (χ4n) is 4.27. The quantitative estimate of drug-likeness (QED) is 0.679. The number of carbonyl (C=O) groups is 2. The summed E-state index contributed by atoms with van der Waals surface area (Å²) >= 11 is 15.4. The van der Waals surface area contributed by atoms with E-state index in [1.165, 1.54) is 0 Å². The van der Waals surface area contributed by atoms with Crippen LogP contribution in [0, 0.1) is 16.2 Å². The van der Waals surface area contributed by atoms with Gasteiger partial charge in [0.1, 0.15) is 0 Å². The van der Waals surface area contributed by atoms with E-state index < -0.39 is 21.1 Å². The van der Waals surface area contributed by atoms with Crippen LogP contribution in [0.3, 0.4) is 0 Å². The monoisotopic (exact) mass is 417 g/mol. The maximum absolute atomic E-state index is 13.1. The lowest BCUT2D eigenvalue weighted by atomic mass is 9.64. The van der Waals surface area contributed by atoms with Crippen molar-refractivity contribution in [3.63, 3.8) is 0 Å². The Morgan fingerprint density at radius 1 is 1.22 bits per heavy atom. The molecule has 3 nitrogen and oxygen atoms in total. The van der Waals surface area contributed by atoms with Crippen molar-refractivity contribution in [1.29, 1.82) is 0 Å². The Morgan fingerprint density at radius 2 is 1.87 bits per heavy atom. The Morgan fingerprint density at radius 3 is 2.39 bits per heavy atom. The van der Waals surface area contributed by atoms with Crippen LogP contribution in [0.15, 0.2) is 18.2 Å². The number of benzene rings is 1. The van der Waals surface area contributed by atoms with Crippen LogP contribution >= 0.6 is 39.1 Å². The van der Waals surface area contributed by atoms with Crippen LogP contribution in [-0.4, -0.2) is 16.5 Å². The van der Waals surface area contributed by atoms with Gasteiger partial charge >= 0.3 is 0 Å².